The Morgan fingerprint density at radius 2 is 1.58 bits per heavy atom. The van der Waals surface area contributed by atoms with Crippen LogP contribution in [0.15, 0.2) is 83.9 Å². The van der Waals surface area contributed by atoms with E-state index in [-0.39, 0.29) is 16.6 Å². The number of rotatable bonds is 5. The van der Waals surface area contributed by atoms with Crippen molar-refractivity contribution in [3.8, 4) is 0 Å². The number of benzene rings is 3. The van der Waals surface area contributed by atoms with Crippen molar-refractivity contribution < 1.29 is 19.1 Å². The van der Waals surface area contributed by atoms with E-state index in [4.69, 9.17) is 5.73 Å². The molecule has 3 amide bonds. The molecule has 0 aromatic heterocycles. The van der Waals surface area contributed by atoms with Gasteiger partial charge in [-0.1, -0.05) is 60.3 Å². The number of amides is 3. The van der Waals surface area contributed by atoms with Crippen molar-refractivity contribution in [1.82, 2.24) is 5.32 Å². The van der Waals surface area contributed by atoms with Crippen LogP contribution in [0.2, 0.25) is 0 Å². The van der Waals surface area contributed by atoms with Crippen LogP contribution in [0.3, 0.4) is 0 Å². The molecule has 0 radical (unpaired) electrons. The zero-order valence-electron chi connectivity index (χ0n) is 18.0. The van der Waals surface area contributed by atoms with E-state index in [2.05, 4.69) is 15.0 Å². The van der Waals surface area contributed by atoms with Crippen LogP contribution in [0.5, 0.6) is 0 Å². The number of alkyl carbamates (subject to hydrolysis) is 1. The van der Waals surface area contributed by atoms with Crippen molar-refractivity contribution in [3.05, 3.63) is 90.0 Å². The van der Waals surface area contributed by atoms with Gasteiger partial charge in [0, 0.05) is 11.1 Å². The Morgan fingerprint density at radius 3 is 2.15 bits per heavy atom. The van der Waals surface area contributed by atoms with Crippen LogP contribution in [0.4, 0.5) is 26.7 Å². The number of carbonyl (C=O) groups excluding carboxylic acids is 3. The van der Waals surface area contributed by atoms with Gasteiger partial charge in [-0.25, -0.2) is 14.6 Å². The van der Waals surface area contributed by atoms with Crippen molar-refractivity contribution in [2.75, 3.05) is 18.3 Å². The molecule has 3 aromatic carbocycles. The van der Waals surface area contributed by atoms with Gasteiger partial charge in [-0.2, -0.15) is 0 Å². The highest BCUT2D eigenvalue weighted by Crippen LogP contribution is 2.36. The average Bonchev–Trinajstić information content (AvgIpc) is 2.85. The molecule has 33 heavy (non-hydrogen) atoms. The number of thioether (sulfide) groups is 1. The number of carbonyl (C=O) groups is 3. The quantitative estimate of drug-likeness (QED) is 0.320. The van der Waals surface area contributed by atoms with E-state index in [1.165, 1.54) is 12.0 Å². The maximum absolute atomic E-state index is 13.0. The van der Waals surface area contributed by atoms with Crippen molar-refractivity contribution in [2.45, 2.75) is 0 Å². The number of anilines is 2. The number of urea groups is 1. The minimum absolute atomic E-state index is 0.212. The maximum atomic E-state index is 13.0. The van der Waals surface area contributed by atoms with Crippen LogP contribution in [-0.2, 0) is 4.74 Å². The molecule has 3 rings (SSSR count). The molecule has 168 valence electrons. The molecule has 0 unspecified atom stereocenters. The highest BCUT2D eigenvalue weighted by atomic mass is 32.2. The zero-order valence-corrected chi connectivity index (χ0v) is 18.8. The number of ether oxygens (including phenoxy) is 1. The van der Waals surface area contributed by atoms with E-state index < -0.39 is 12.1 Å². The number of hydrogen-bond acceptors (Lipinski definition) is 6. The Balaban J connectivity index is 2.16. The van der Waals surface area contributed by atoms with Crippen molar-refractivity contribution in [2.24, 2.45) is 10.7 Å². The van der Waals surface area contributed by atoms with Gasteiger partial charge in [0.2, 0.25) is 0 Å². The standard InChI is InChI=1S/C24H22N4O4S/c1-32-24(31)27-23(33-2)26-19-15-17(21(29)16-9-5-3-6-10-16)13-14-20(19)28(22(25)30)18-11-7-4-8-12-18/h3-15H,1-2H3,(H2,25,30)(H,26,27,31). The third-order valence-corrected chi connectivity index (χ3v) is 5.14. The summed E-state index contributed by atoms with van der Waals surface area (Å²) in [6.45, 7) is 0. The Hall–Kier alpha value is -4.11. The van der Waals surface area contributed by atoms with E-state index in [1.54, 1.807) is 73.0 Å². The molecule has 0 bridgehead atoms. The second-order valence-electron chi connectivity index (χ2n) is 6.65. The monoisotopic (exact) mass is 462 g/mol. The molecule has 0 heterocycles. The van der Waals surface area contributed by atoms with Gasteiger partial charge in [-0.05, 0) is 36.6 Å². The van der Waals surface area contributed by atoms with Gasteiger partial charge in [0.25, 0.3) is 0 Å². The molecule has 0 aliphatic rings. The first-order valence-electron chi connectivity index (χ1n) is 9.80. The van der Waals surface area contributed by atoms with Gasteiger partial charge in [0.05, 0.1) is 24.2 Å². The Kier molecular flexibility index (Phi) is 7.82. The summed E-state index contributed by atoms with van der Waals surface area (Å²) in [5.41, 5.74) is 7.70. The Morgan fingerprint density at radius 1 is 0.939 bits per heavy atom. The van der Waals surface area contributed by atoms with Gasteiger partial charge in [-0.15, -0.1) is 0 Å². The van der Waals surface area contributed by atoms with Crippen LogP contribution in [0, 0.1) is 0 Å². The summed E-state index contributed by atoms with van der Waals surface area (Å²) in [7, 11) is 1.24. The molecule has 0 aliphatic heterocycles. The third kappa shape index (κ3) is 5.78. The minimum atomic E-state index is -0.730. The lowest BCUT2D eigenvalue weighted by atomic mass is 10.0. The molecule has 0 aliphatic carbocycles. The SMILES string of the molecule is COC(=O)NC(=Nc1cc(C(=O)c2ccccc2)ccc1N(C(N)=O)c1ccccc1)SC. The fraction of sp³-hybridized carbons (Fsp3) is 0.0833. The Bertz CT molecular complexity index is 1180. The van der Waals surface area contributed by atoms with Crippen LogP contribution in [-0.4, -0.2) is 36.4 Å². The van der Waals surface area contributed by atoms with Crippen molar-refractivity contribution in [3.63, 3.8) is 0 Å². The Labute approximate surface area is 195 Å². The number of nitrogens with two attached hydrogens (primary N) is 1. The van der Waals surface area contributed by atoms with Gasteiger partial charge in [0.1, 0.15) is 0 Å². The summed E-state index contributed by atoms with van der Waals surface area (Å²) in [5, 5.41) is 2.73. The van der Waals surface area contributed by atoms with Crippen LogP contribution >= 0.6 is 11.8 Å². The molecule has 0 atom stereocenters. The summed E-state index contributed by atoms with van der Waals surface area (Å²) < 4.78 is 4.64. The first-order chi connectivity index (χ1) is 15.9. The van der Waals surface area contributed by atoms with Crippen molar-refractivity contribution in [1.29, 1.82) is 0 Å². The average molecular weight is 463 g/mol. The van der Waals surface area contributed by atoms with Crippen molar-refractivity contribution >= 4 is 51.9 Å². The first kappa shape index (κ1) is 23.6. The largest absolute Gasteiger partial charge is 0.453 e. The normalized spacial score (nSPS) is 10.9. The molecule has 3 aromatic rings. The molecule has 9 heteroatoms. The zero-order chi connectivity index (χ0) is 23.8. The fourth-order valence-corrected chi connectivity index (χ4v) is 3.41. The number of ketones is 1. The number of amidine groups is 1. The van der Waals surface area contributed by atoms with Gasteiger partial charge < -0.3 is 10.5 Å². The lowest BCUT2D eigenvalue weighted by Gasteiger charge is -2.23. The second-order valence-corrected chi connectivity index (χ2v) is 7.44. The maximum Gasteiger partial charge on any atom is 0.412 e. The fourth-order valence-electron chi connectivity index (χ4n) is 3.03. The summed E-state index contributed by atoms with van der Waals surface area (Å²) in [4.78, 5) is 42.9. The third-order valence-electron chi connectivity index (χ3n) is 4.56. The van der Waals surface area contributed by atoms with Crippen LogP contribution < -0.4 is 16.0 Å². The smallest absolute Gasteiger partial charge is 0.412 e. The summed E-state index contributed by atoms with van der Waals surface area (Å²) in [5.74, 6) is -0.212. The van der Waals surface area contributed by atoms with E-state index in [0.29, 0.717) is 22.5 Å². The summed E-state index contributed by atoms with van der Waals surface area (Å²) in [6.07, 6.45) is 1.02. The molecule has 0 fully saturated rings. The number of nitrogens with zero attached hydrogens (tertiary/aromatic N) is 2. The number of primary amides is 1. The summed E-state index contributed by atoms with van der Waals surface area (Å²) in [6, 6.07) is 21.6. The summed E-state index contributed by atoms with van der Waals surface area (Å²) >= 11 is 1.16. The predicted molar refractivity (Wildman–Crippen MR) is 131 cm³/mol. The molecule has 3 N–H and O–H groups in total. The van der Waals surface area contributed by atoms with Crippen LogP contribution in [0.1, 0.15) is 15.9 Å². The first-order valence-corrected chi connectivity index (χ1v) is 11.0. The highest BCUT2D eigenvalue weighted by molar-refractivity contribution is 8.13. The predicted octanol–water partition coefficient (Wildman–Crippen LogP) is 4.84. The molecule has 8 nitrogen and oxygen atoms in total. The van der Waals surface area contributed by atoms with E-state index in [9.17, 15) is 14.4 Å². The van der Waals surface area contributed by atoms with Gasteiger partial charge in [-0.3, -0.25) is 15.0 Å². The lowest BCUT2D eigenvalue weighted by Crippen LogP contribution is -2.32. The number of methoxy groups -OCH3 is 1. The highest BCUT2D eigenvalue weighted by Gasteiger charge is 2.21. The molecule has 0 saturated heterocycles. The number of para-hydroxylation sites is 1. The molecule has 0 spiro atoms. The number of hydrogen-bond donors (Lipinski definition) is 2. The van der Waals surface area contributed by atoms with Gasteiger partial charge in [0.15, 0.2) is 11.0 Å². The molecule has 0 saturated carbocycles. The number of aliphatic imine (C=N–C) groups is 1. The number of nitrogens with one attached hydrogen (secondary N) is 1. The van der Waals surface area contributed by atoms with E-state index in [0.717, 1.165) is 11.8 Å². The lowest BCUT2D eigenvalue weighted by molar-refractivity contribution is 0.103. The topological polar surface area (TPSA) is 114 Å². The van der Waals surface area contributed by atoms with E-state index >= 15 is 0 Å². The van der Waals surface area contributed by atoms with Gasteiger partial charge >= 0.3 is 12.1 Å². The van der Waals surface area contributed by atoms with E-state index in [1.807, 2.05) is 12.1 Å². The van der Waals surface area contributed by atoms with Crippen LogP contribution in [0.25, 0.3) is 0 Å². The molecular weight excluding hydrogens is 440 g/mol. The molecular formula is C24H22N4O4S. The second kappa shape index (κ2) is 11.0. The minimum Gasteiger partial charge on any atom is -0.453 e.